The van der Waals surface area contributed by atoms with Gasteiger partial charge in [0.25, 0.3) is 0 Å². The lowest BCUT2D eigenvalue weighted by Crippen LogP contribution is -2.40. The van der Waals surface area contributed by atoms with Crippen LogP contribution in [0, 0.1) is 5.82 Å². The Hall–Kier alpha value is -1.42. The molecular formula is C15H15ClFNO5S2. The van der Waals surface area contributed by atoms with Crippen molar-refractivity contribution in [2.24, 2.45) is 0 Å². The topological polar surface area (TPSA) is 84.7 Å². The first-order chi connectivity index (χ1) is 11.7. The van der Waals surface area contributed by atoms with Crippen LogP contribution in [0.5, 0.6) is 0 Å². The van der Waals surface area contributed by atoms with Crippen LogP contribution in [0.25, 0.3) is 0 Å². The number of hydrogen-bond acceptors (Lipinski definition) is 5. The molecule has 1 aliphatic heterocycles. The second kappa shape index (κ2) is 6.71. The van der Waals surface area contributed by atoms with Gasteiger partial charge in [0, 0.05) is 11.1 Å². The van der Waals surface area contributed by atoms with Gasteiger partial charge >= 0.3 is 0 Å². The summed E-state index contributed by atoms with van der Waals surface area (Å²) < 4.78 is 69.9. The third-order valence-corrected chi connectivity index (χ3v) is 7.91. The lowest BCUT2D eigenvalue weighted by atomic mass is 10.2. The Morgan fingerprint density at radius 2 is 2.08 bits per heavy atom. The highest BCUT2D eigenvalue weighted by Crippen LogP contribution is 2.29. The minimum absolute atomic E-state index is 0.0671. The molecule has 6 nitrogen and oxygen atoms in total. The Morgan fingerprint density at radius 3 is 2.64 bits per heavy atom. The molecule has 3 rings (SSSR count). The van der Waals surface area contributed by atoms with E-state index < -0.39 is 36.6 Å². The Bertz CT molecular complexity index is 973. The Balaban J connectivity index is 2.03. The van der Waals surface area contributed by atoms with Gasteiger partial charge in [-0.2, -0.15) is 4.31 Å². The minimum Gasteiger partial charge on any atom is -0.468 e. The molecule has 0 spiro atoms. The fourth-order valence-corrected chi connectivity index (χ4v) is 6.43. The van der Waals surface area contributed by atoms with Crippen molar-refractivity contribution >= 4 is 31.5 Å². The second-order valence-electron chi connectivity index (χ2n) is 5.76. The van der Waals surface area contributed by atoms with Gasteiger partial charge in [-0.1, -0.05) is 11.6 Å². The summed E-state index contributed by atoms with van der Waals surface area (Å²) in [6.45, 7) is -0.183. The summed E-state index contributed by atoms with van der Waals surface area (Å²) in [5.41, 5.74) is 0. The zero-order valence-corrected chi connectivity index (χ0v) is 15.3. The van der Waals surface area contributed by atoms with E-state index in [4.69, 9.17) is 16.0 Å². The van der Waals surface area contributed by atoms with E-state index in [0.717, 1.165) is 16.4 Å². The fourth-order valence-electron chi connectivity index (χ4n) is 2.78. The van der Waals surface area contributed by atoms with Crippen molar-refractivity contribution in [2.45, 2.75) is 23.9 Å². The van der Waals surface area contributed by atoms with E-state index in [9.17, 15) is 21.2 Å². The van der Waals surface area contributed by atoms with Crippen LogP contribution in [0.15, 0.2) is 45.9 Å². The summed E-state index contributed by atoms with van der Waals surface area (Å²) in [4.78, 5) is -0.548. The van der Waals surface area contributed by atoms with Crippen LogP contribution in [0.1, 0.15) is 12.2 Å². The summed E-state index contributed by atoms with van der Waals surface area (Å²) in [7, 11) is -7.61. The third kappa shape index (κ3) is 3.89. The highest BCUT2D eigenvalue weighted by molar-refractivity contribution is 7.92. The molecule has 0 radical (unpaired) electrons. The van der Waals surface area contributed by atoms with E-state index >= 15 is 0 Å². The average molecular weight is 408 g/mol. The molecule has 136 valence electrons. The SMILES string of the molecule is O=S1(=O)CC[C@@H](N(Cc2ccco2)S(=O)(=O)c2ccc(Cl)cc2F)C1. The van der Waals surface area contributed by atoms with Crippen molar-refractivity contribution in [1.29, 1.82) is 0 Å². The van der Waals surface area contributed by atoms with Gasteiger partial charge in [0.1, 0.15) is 16.5 Å². The molecule has 25 heavy (non-hydrogen) atoms. The Kier molecular flexibility index (Phi) is 4.93. The number of sulfone groups is 1. The molecule has 1 aliphatic rings. The molecule has 1 fully saturated rings. The van der Waals surface area contributed by atoms with Gasteiger partial charge in [-0.15, -0.1) is 0 Å². The van der Waals surface area contributed by atoms with E-state index in [0.29, 0.717) is 5.76 Å². The van der Waals surface area contributed by atoms with Crippen LogP contribution in [-0.2, 0) is 26.4 Å². The zero-order valence-electron chi connectivity index (χ0n) is 12.9. The van der Waals surface area contributed by atoms with Gasteiger partial charge in [-0.25, -0.2) is 21.2 Å². The number of benzene rings is 1. The van der Waals surface area contributed by atoms with Gasteiger partial charge in [0.15, 0.2) is 9.84 Å². The third-order valence-electron chi connectivity index (χ3n) is 3.99. The quantitative estimate of drug-likeness (QED) is 0.760. The predicted octanol–water partition coefficient (Wildman–Crippen LogP) is 2.45. The van der Waals surface area contributed by atoms with Gasteiger partial charge in [0.2, 0.25) is 10.0 Å². The first-order valence-corrected chi connectivity index (χ1v) is 11.0. The molecule has 10 heteroatoms. The maximum absolute atomic E-state index is 14.2. The molecule has 0 saturated carbocycles. The van der Waals surface area contributed by atoms with E-state index in [1.165, 1.54) is 12.3 Å². The maximum Gasteiger partial charge on any atom is 0.246 e. The van der Waals surface area contributed by atoms with Crippen LogP contribution in [0.2, 0.25) is 5.02 Å². The van der Waals surface area contributed by atoms with Crippen molar-refractivity contribution in [1.82, 2.24) is 4.31 Å². The monoisotopic (exact) mass is 407 g/mol. The van der Waals surface area contributed by atoms with E-state index in [1.807, 2.05) is 0 Å². The van der Waals surface area contributed by atoms with Crippen LogP contribution in [0.4, 0.5) is 4.39 Å². The number of sulfonamides is 1. The summed E-state index contributed by atoms with van der Waals surface area (Å²) >= 11 is 5.68. The van der Waals surface area contributed by atoms with Crippen molar-refractivity contribution in [2.75, 3.05) is 11.5 Å². The van der Waals surface area contributed by atoms with E-state index in [1.54, 1.807) is 12.1 Å². The highest BCUT2D eigenvalue weighted by atomic mass is 35.5. The van der Waals surface area contributed by atoms with Crippen LogP contribution in [0.3, 0.4) is 0 Å². The first-order valence-electron chi connectivity index (χ1n) is 7.39. The summed E-state index contributed by atoms with van der Waals surface area (Å²) in [5, 5.41) is 0.0671. The largest absolute Gasteiger partial charge is 0.468 e. The van der Waals surface area contributed by atoms with Gasteiger partial charge < -0.3 is 4.42 Å². The van der Waals surface area contributed by atoms with Crippen LogP contribution in [-0.4, -0.2) is 38.7 Å². The lowest BCUT2D eigenvalue weighted by Gasteiger charge is -2.26. The van der Waals surface area contributed by atoms with Crippen LogP contribution >= 0.6 is 11.6 Å². The average Bonchev–Trinajstić information content (AvgIpc) is 3.13. The molecule has 0 N–H and O–H groups in total. The van der Waals surface area contributed by atoms with Gasteiger partial charge in [-0.05, 0) is 36.8 Å². The molecule has 1 aromatic carbocycles. The number of halogens is 2. The maximum atomic E-state index is 14.2. The Labute approximate surface area is 150 Å². The van der Waals surface area contributed by atoms with E-state index in [2.05, 4.69) is 0 Å². The van der Waals surface area contributed by atoms with Crippen molar-refractivity contribution in [3.05, 3.63) is 53.2 Å². The molecule has 2 aromatic rings. The molecule has 0 aliphatic carbocycles. The van der Waals surface area contributed by atoms with Gasteiger partial charge in [-0.3, -0.25) is 0 Å². The predicted molar refractivity (Wildman–Crippen MR) is 89.9 cm³/mol. The number of nitrogens with zero attached hydrogens (tertiary/aromatic N) is 1. The molecule has 0 bridgehead atoms. The van der Waals surface area contributed by atoms with Crippen molar-refractivity contribution in [3.8, 4) is 0 Å². The van der Waals surface area contributed by atoms with Crippen molar-refractivity contribution < 1.29 is 25.6 Å². The molecule has 1 atom stereocenters. The molecule has 1 aromatic heterocycles. The second-order valence-corrected chi connectivity index (χ2v) is 10.3. The molecule has 2 heterocycles. The summed E-state index contributed by atoms with van der Waals surface area (Å²) in [6.07, 6.45) is 1.53. The Morgan fingerprint density at radius 1 is 1.32 bits per heavy atom. The molecule has 1 saturated heterocycles. The number of hydrogen-bond donors (Lipinski definition) is 0. The number of rotatable bonds is 5. The number of furan rings is 1. The lowest BCUT2D eigenvalue weighted by molar-refractivity contribution is 0.305. The van der Waals surface area contributed by atoms with Crippen LogP contribution < -0.4 is 0 Å². The standard InChI is InChI=1S/C15H15ClFNO5S2/c16-11-3-4-15(14(17)8-11)25(21,22)18(9-13-2-1-6-23-13)12-5-7-24(19,20)10-12/h1-4,6,8,12H,5,7,9-10H2/t12-/m1/s1. The highest BCUT2D eigenvalue weighted by Gasteiger charge is 2.40. The minimum atomic E-state index is -4.28. The summed E-state index contributed by atoms with van der Waals surface area (Å²) in [6, 6.07) is 5.64. The fraction of sp³-hybridized carbons (Fsp3) is 0.333. The molecular weight excluding hydrogens is 393 g/mol. The molecule has 0 unspecified atom stereocenters. The molecule has 0 amide bonds. The van der Waals surface area contributed by atoms with Crippen molar-refractivity contribution in [3.63, 3.8) is 0 Å². The van der Waals surface area contributed by atoms with Gasteiger partial charge in [0.05, 0.1) is 24.3 Å². The normalized spacial score (nSPS) is 20.2. The zero-order chi connectivity index (χ0) is 18.2. The summed E-state index contributed by atoms with van der Waals surface area (Å²) in [5.74, 6) is -1.06. The van der Waals surface area contributed by atoms with E-state index in [-0.39, 0.29) is 29.5 Å². The smallest absolute Gasteiger partial charge is 0.246 e. The first kappa shape index (κ1) is 18.4.